The highest BCUT2D eigenvalue weighted by Crippen LogP contribution is 2.29. The quantitative estimate of drug-likeness (QED) is 0.795. The predicted molar refractivity (Wildman–Crippen MR) is 67.5 cm³/mol. The number of aromatic nitrogens is 2. The monoisotopic (exact) mass is 291 g/mol. The molecule has 1 unspecified atom stereocenters. The van der Waals surface area contributed by atoms with Gasteiger partial charge in [-0.15, -0.1) is 0 Å². The predicted octanol–water partition coefficient (Wildman–Crippen LogP) is 3.52. The molecule has 1 atom stereocenters. The molecule has 0 aliphatic rings. The number of nitrogens with zero attached hydrogens (tertiary/aromatic N) is 3. The van der Waals surface area contributed by atoms with Crippen LogP contribution in [-0.2, 0) is 0 Å². The average Bonchev–Trinajstić information content (AvgIpc) is 2.21. The van der Waals surface area contributed by atoms with E-state index in [1.807, 2.05) is 7.05 Å². The van der Waals surface area contributed by atoms with Gasteiger partial charge in [-0.3, -0.25) is 0 Å². The van der Waals surface area contributed by atoms with Gasteiger partial charge in [0.2, 0.25) is 0 Å². The Kier molecular flexibility index (Phi) is 4.80. The highest BCUT2D eigenvalue weighted by Gasteiger charge is 2.15. The molecule has 1 aromatic heterocycles. The van der Waals surface area contributed by atoms with Crippen molar-refractivity contribution in [3.05, 3.63) is 16.0 Å². The fourth-order valence-corrected chi connectivity index (χ4v) is 2.02. The molecule has 1 aromatic rings. The molecule has 84 valence electrons. The highest BCUT2D eigenvalue weighted by molar-refractivity contribution is 9.10. The molecule has 0 spiro atoms. The van der Waals surface area contributed by atoms with Gasteiger partial charge in [0.05, 0.1) is 4.47 Å². The van der Waals surface area contributed by atoms with Crippen LogP contribution >= 0.6 is 27.5 Å². The summed E-state index contributed by atoms with van der Waals surface area (Å²) >= 11 is 9.32. The lowest BCUT2D eigenvalue weighted by atomic mass is 10.2. The third-order valence-electron chi connectivity index (χ3n) is 2.43. The van der Waals surface area contributed by atoms with E-state index < -0.39 is 0 Å². The van der Waals surface area contributed by atoms with E-state index in [-0.39, 0.29) is 0 Å². The third-order valence-corrected chi connectivity index (χ3v) is 3.68. The molecule has 0 aliphatic carbocycles. The maximum absolute atomic E-state index is 5.92. The maximum Gasteiger partial charge on any atom is 0.148 e. The molecule has 0 N–H and O–H groups in total. The molecule has 0 aromatic carbocycles. The zero-order valence-corrected chi connectivity index (χ0v) is 11.5. The zero-order valence-electron chi connectivity index (χ0n) is 9.17. The summed E-state index contributed by atoms with van der Waals surface area (Å²) in [4.78, 5) is 10.2. The van der Waals surface area contributed by atoms with Gasteiger partial charge >= 0.3 is 0 Å². The zero-order chi connectivity index (χ0) is 11.4. The van der Waals surface area contributed by atoms with Crippen LogP contribution in [0.4, 0.5) is 5.82 Å². The minimum absolute atomic E-state index is 0.442. The first-order valence-corrected chi connectivity index (χ1v) is 6.13. The molecule has 0 saturated carbocycles. The van der Waals surface area contributed by atoms with Crippen molar-refractivity contribution in [2.24, 2.45) is 0 Å². The van der Waals surface area contributed by atoms with E-state index >= 15 is 0 Å². The summed E-state index contributed by atoms with van der Waals surface area (Å²) in [5.41, 5.74) is 0. The normalized spacial score (nSPS) is 12.6. The van der Waals surface area contributed by atoms with Gasteiger partial charge in [0, 0.05) is 13.1 Å². The van der Waals surface area contributed by atoms with Crippen molar-refractivity contribution in [3.63, 3.8) is 0 Å². The molecule has 0 amide bonds. The van der Waals surface area contributed by atoms with Crippen LogP contribution in [0.2, 0.25) is 5.15 Å². The van der Waals surface area contributed by atoms with E-state index in [0.29, 0.717) is 11.2 Å². The summed E-state index contributed by atoms with van der Waals surface area (Å²) < 4.78 is 0.761. The van der Waals surface area contributed by atoms with E-state index in [1.165, 1.54) is 6.33 Å². The Morgan fingerprint density at radius 1 is 1.53 bits per heavy atom. The third kappa shape index (κ3) is 3.05. The Bertz CT molecular complexity index is 332. The standard InChI is InChI=1S/C10H15BrClN3/c1-4-5-7(2)15(3)10-8(11)9(12)13-6-14-10/h6-7H,4-5H2,1-3H3. The van der Waals surface area contributed by atoms with Crippen LogP contribution in [0.1, 0.15) is 26.7 Å². The van der Waals surface area contributed by atoms with Gasteiger partial charge in [-0.1, -0.05) is 24.9 Å². The first kappa shape index (κ1) is 12.7. The average molecular weight is 293 g/mol. The number of halogens is 2. The Labute approximate surface area is 104 Å². The second-order valence-corrected chi connectivity index (χ2v) is 4.70. The second-order valence-electron chi connectivity index (χ2n) is 3.55. The van der Waals surface area contributed by atoms with Gasteiger partial charge in [-0.05, 0) is 29.3 Å². The molecule has 1 heterocycles. The molecular formula is C10H15BrClN3. The highest BCUT2D eigenvalue weighted by atomic mass is 79.9. The van der Waals surface area contributed by atoms with Gasteiger partial charge in [0.15, 0.2) is 0 Å². The molecule has 5 heteroatoms. The molecule has 0 fully saturated rings. The van der Waals surface area contributed by atoms with Crippen LogP contribution in [-0.4, -0.2) is 23.1 Å². The van der Waals surface area contributed by atoms with Crippen molar-refractivity contribution >= 4 is 33.3 Å². The van der Waals surface area contributed by atoms with Gasteiger partial charge in [0.1, 0.15) is 17.3 Å². The Morgan fingerprint density at radius 2 is 2.20 bits per heavy atom. The van der Waals surface area contributed by atoms with Crippen LogP contribution in [0.3, 0.4) is 0 Å². The molecular weight excluding hydrogens is 277 g/mol. The van der Waals surface area contributed by atoms with Gasteiger partial charge in [-0.25, -0.2) is 9.97 Å². The summed E-state index contributed by atoms with van der Waals surface area (Å²) in [7, 11) is 2.02. The minimum atomic E-state index is 0.442. The van der Waals surface area contributed by atoms with Crippen molar-refractivity contribution < 1.29 is 0 Å². The topological polar surface area (TPSA) is 29.0 Å². The number of anilines is 1. The van der Waals surface area contributed by atoms with E-state index in [1.54, 1.807) is 0 Å². The van der Waals surface area contributed by atoms with Crippen molar-refractivity contribution in [1.82, 2.24) is 9.97 Å². The maximum atomic E-state index is 5.92. The first-order chi connectivity index (χ1) is 7.07. The van der Waals surface area contributed by atoms with Crippen LogP contribution in [0, 0.1) is 0 Å². The lowest BCUT2D eigenvalue weighted by Gasteiger charge is -2.26. The van der Waals surface area contributed by atoms with Gasteiger partial charge < -0.3 is 4.90 Å². The van der Waals surface area contributed by atoms with Crippen LogP contribution in [0.15, 0.2) is 10.8 Å². The van der Waals surface area contributed by atoms with Crippen LogP contribution < -0.4 is 4.90 Å². The van der Waals surface area contributed by atoms with Crippen molar-refractivity contribution in [3.8, 4) is 0 Å². The summed E-state index contributed by atoms with van der Waals surface area (Å²) in [6, 6.07) is 0.442. The van der Waals surface area contributed by atoms with E-state index in [9.17, 15) is 0 Å². The molecule has 0 aliphatic heterocycles. The summed E-state index contributed by atoms with van der Waals surface area (Å²) in [6.07, 6.45) is 3.77. The fraction of sp³-hybridized carbons (Fsp3) is 0.600. The van der Waals surface area contributed by atoms with Crippen molar-refractivity contribution in [2.45, 2.75) is 32.7 Å². The Balaban J connectivity index is 2.90. The molecule has 0 saturated heterocycles. The fourth-order valence-electron chi connectivity index (χ4n) is 1.41. The lowest BCUT2D eigenvalue weighted by molar-refractivity contribution is 0.610. The van der Waals surface area contributed by atoms with Crippen molar-refractivity contribution in [2.75, 3.05) is 11.9 Å². The smallest absolute Gasteiger partial charge is 0.148 e. The van der Waals surface area contributed by atoms with Gasteiger partial charge in [-0.2, -0.15) is 0 Å². The van der Waals surface area contributed by atoms with Gasteiger partial charge in [0.25, 0.3) is 0 Å². The lowest BCUT2D eigenvalue weighted by Crippen LogP contribution is -2.29. The number of rotatable bonds is 4. The molecule has 15 heavy (non-hydrogen) atoms. The summed E-state index contributed by atoms with van der Waals surface area (Å²) in [5, 5.41) is 0.454. The molecule has 1 rings (SSSR count). The largest absolute Gasteiger partial charge is 0.356 e. The second kappa shape index (κ2) is 5.66. The SMILES string of the molecule is CCCC(C)N(C)c1ncnc(Cl)c1Br. The molecule has 0 radical (unpaired) electrons. The summed E-state index contributed by atoms with van der Waals surface area (Å²) in [5.74, 6) is 0.843. The Hall–Kier alpha value is -0.350. The number of hydrogen-bond acceptors (Lipinski definition) is 3. The summed E-state index contributed by atoms with van der Waals surface area (Å²) in [6.45, 7) is 4.35. The van der Waals surface area contributed by atoms with Crippen LogP contribution in [0.25, 0.3) is 0 Å². The van der Waals surface area contributed by atoms with E-state index in [0.717, 1.165) is 23.1 Å². The Morgan fingerprint density at radius 3 is 2.80 bits per heavy atom. The van der Waals surface area contributed by atoms with E-state index in [2.05, 4.69) is 44.6 Å². The molecule has 0 bridgehead atoms. The van der Waals surface area contributed by atoms with Crippen LogP contribution in [0.5, 0.6) is 0 Å². The number of hydrogen-bond donors (Lipinski definition) is 0. The van der Waals surface area contributed by atoms with Crippen molar-refractivity contribution in [1.29, 1.82) is 0 Å². The molecule has 3 nitrogen and oxygen atoms in total. The first-order valence-electron chi connectivity index (χ1n) is 4.96. The van der Waals surface area contributed by atoms with E-state index in [4.69, 9.17) is 11.6 Å². The minimum Gasteiger partial charge on any atom is -0.356 e.